The summed E-state index contributed by atoms with van der Waals surface area (Å²) in [5, 5.41) is 10.0. The Hall–Kier alpha value is -1.07. The highest BCUT2D eigenvalue weighted by Crippen LogP contribution is 2.23. The third-order valence-electron chi connectivity index (χ3n) is 2.65. The molecule has 1 aromatic rings. The van der Waals surface area contributed by atoms with Crippen LogP contribution in [0.1, 0.15) is 10.4 Å². The number of hydrogen-bond acceptors (Lipinski definition) is 3. The van der Waals surface area contributed by atoms with Crippen molar-refractivity contribution in [2.24, 2.45) is 0 Å². The zero-order chi connectivity index (χ0) is 12.4. The van der Waals surface area contributed by atoms with Crippen LogP contribution in [0.5, 0.6) is 5.75 Å². The molecule has 0 aliphatic carbocycles. The smallest absolute Gasteiger partial charge is 0.257 e. The molecule has 17 heavy (non-hydrogen) atoms. The van der Waals surface area contributed by atoms with Crippen LogP contribution in [0.3, 0.4) is 0 Å². The van der Waals surface area contributed by atoms with Crippen LogP contribution in [0.15, 0.2) is 18.2 Å². The molecule has 1 aliphatic rings. The van der Waals surface area contributed by atoms with E-state index in [1.165, 1.54) is 18.2 Å². The molecule has 1 amide bonds. The Kier molecular flexibility index (Phi) is 3.69. The Bertz CT molecular complexity index is 468. The second-order valence-electron chi connectivity index (χ2n) is 3.80. The van der Waals surface area contributed by atoms with Crippen LogP contribution in [0.4, 0.5) is 0 Å². The van der Waals surface area contributed by atoms with Crippen molar-refractivity contribution in [3.8, 4) is 5.75 Å². The Morgan fingerprint density at radius 2 is 2.00 bits per heavy atom. The number of phenols is 1. The van der Waals surface area contributed by atoms with Gasteiger partial charge in [-0.15, -0.1) is 0 Å². The normalized spacial score (nSPS) is 17.1. The zero-order valence-electron chi connectivity index (χ0n) is 9.06. The fourth-order valence-electron chi connectivity index (χ4n) is 1.69. The quantitative estimate of drug-likeness (QED) is 0.838. The van der Waals surface area contributed by atoms with Crippen LogP contribution in [0.25, 0.3) is 0 Å². The van der Waals surface area contributed by atoms with Gasteiger partial charge in [0, 0.05) is 40.4 Å². The van der Waals surface area contributed by atoms with E-state index in [2.05, 4.69) is 0 Å². The molecule has 2 rings (SSSR count). The van der Waals surface area contributed by atoms with Crippen LogP contribution in [-0.4, -0.2) is 44.7 Å². The molecular formula is C11H12ClNO3S. The average molecular weight is 274 g/mol. The van der Waals surface area contributed by atoms with Crippen molar-refractivity contribution in [3.05, 3.63) is 28.8 Å². The van der Waals surface area contributed by atoms with Crippen molar-refractivity contribution >= 4 is 28.3 Å². The van der Waals surface area contributed by atoms with Crippen LogP contribution >= 0.6 is 11.6 Å². The summed E-state index contributed by atoms with van der Waals surface area (Å²) in [5.41, 5.74) is 0.199. The van der Waals surface area contributed by atoms with E-state index in [0.29, 0.717) is 29.6 Å². The molecule has 6 heteroatoms. The van der Waals surface area contributed by atoms with Gasteiger partial charge in [-0.05, 0) is 18.2 Å². The van der Waals surface area contributed by atoms with Gasteiger partial charge in [0.05, 0.1) is 5.56 Å². The molecule has 0 spiro atoms. The van der Waals surface area contributed by atoms with E-state index in [0.717, 1.165) is 0 Å². The Labute approximate surface area is 107 Å². The van der Waals surface area contributed by atoms with Crippen LogP contribution in [0, 0.1) is 0 Å². The summed E-state index contributed by atoms with van der Waals surface area (Å²) in [6.07, 6.45) is 0. The monoisotopic (exact) mass is 273 g/mol. The summed E-state index contributed by atoms with van der Waals surface area (Å²) < 4.78 is 11.2. The van der Waals surface area contributed by atoms with E-state index in [1.54, 1.807) is 4.90 Å². The zero-order valence-corrected chi connectivity index (χ0v) is 10.6. The van der Waals surface area contributed by atoms with E-state index in [4.69, 9.17) is 11.6 Å². The van der Waals surface area contributed by atoms with Crippen molar-refractivity contribution < 1.29 is 14.1 Å². The summed E-state index contributed by atoms with van der Waals surface area (Å²) in [4.78, 5) is 13.7. The molecule has 1 fully saturated rings. The summed E-state index contributed by atoms with van der Waals surface area (Å²) in [7, 11) is -0.826. The Balaban J connectivity index is 2.19. The maximum atomic E-state index is 12.1. The first-order chi connectivity index (χ1) is 8.08. The first-order valence-corrected chi connectivity index (χ1v) is 7.07. The predicted molar refractivity (Wildman–Crippen MR) is 66.9 cm³/mol. The summed E-state index contributed by atoms with van der Waals surface area (Å²) in [6, 6.07) is 4.38. The van der Waals surface area contributed by atoms with Gasteiger partial charge in [0.15, 0.2) is 0 Å². The van der Waals surface area contributed by atoms with Crippen LogP contribution in [0.2, 0.25) is 5.02 Å². The molecule has 1 N–H and O–H groups in total. The molecule has 0 radical (unpaired) electrons. The summed E-state index contributed by atoms with van der Waals surface area (Å²) in [5.74, 6) is 0.646. The minimum Gasteiger partial charge on any atom is -0.507 e. The molecule has 0 unspecified atom stereocenters. The lowest BCUT2D eigenvalue weighted by Crippen LogP contribution is -2.41. The van der Waals surface area contributed by atoms with Gasteiger partial charge in [0.25, 0.3) is 5.91 Å². The molecule has 0 saturated carbocycles. The molecule has 0 atom stereocenters. The predicted octanol–water partition coefficient (Wildman–Crippen LogP) is 1.25. The minimum atomic E-state index is -0.826. The number of rotatable bonds is 1. The number of nitrogens with zero attached hydrogens (tertiary/aromatic N) is 1. The molecule has 1 aromatic carbocycles. The first-order valence-electron chi connectivity index (χ1n) is 5.20. The average Bonchev–Trinajstić information content (AvgIpc) is 2.32. The number of carbonyl (C=O) groups is 1. The van der Waals surface area contributed by atoms with Crippen molar-refractivity contribution in [2.75, 3.05) is 24.6 Å². The second kappa shape index (κ2) is 5.06. The highest BCUT2D eigenvalue weighted by molar-refractivity contribution is 7.85. The maximum Gasteiger partial charge on any atom is 0.257 e. The number of halogens is 1. The lowest BCUT2D eigenvalue weighted by molar-refractivity contribution is 0.0768. The molecule has 1 aliphatic heterocycles. The second-order valence-corrected chi connectivity index (χ2v) is 5.93. The van der Waals surface area contributed by atoms with E-state index >= 15 is 0 Å². The lowest BCUT2D eigenvalue weighted by atomic mass is 10.1. The van der Waals surface area contributed by atoms with E-state index in [-0.39, 0.29) is 17.2 Å². The summed E-state index contributed by atoms with van der Waals surface area (Å²) >= 11 is 5.79. The van der Waals surface area contributed by atoms with Gasteiger partial charge in [-0.1, -0.05) is 11.6 Å². The molecule has 92 valence electrons. The van der Waals surface area contributed by atoms with Gasteiger partial charge in [-0.3, -0.25) is 9.00 Å². The van der Waals surface area contributed by atoms with Gasteiger partial charge < -0.3 is 10.0 Å². The number of phenolic OH excluding ortho intramolecular Hbond substituents is 1. The largest absolute Gasteiger partial charge is 0.507 e. The highest BCUT2D eigenvalue weighted by atomic mass is 35.5. The van der Waals surface area contributed by atoms with Crippen LogP contribution in [-0.2, 0) is 10.8 Å². The number of aromatic hydroxyl groups is 1. The third kappa shape index (κ3) is 2.79. The standard InChI is InChI=1S/C11H12ClNO3S/c12-8-1-2-10(14)9(7-8)11(15)13-3-5-17(16)6-4-13/h1-2,7,14H,3-6H2. The Morgan fingerprint density at radius 3 is 2.65 bits per heavy atom. The van der Waals surface area contributed by atoms with Crippen molar-refractivity contribution in [1.82, 2.24) is 4.90 Å². The third-order valence-corrected chi connectivity index (χ3v) is 4.16. The lowest BCUT2D eigenvalue weighted by Gasteiger charge is -2.26. The molecular weight excluding hydrogens is 262 g/mol. The van der Waals surface area contributed by atoms with Gasteiger partial charge in [0.1, 0.15) is 5.75 Å². The van der Waals surface area contributed by atoms with Gasteiger partial charge >= 0.3 is 0 Å². The highest BCUT2D eigenvalue weighted by Gasteiger charge is 2.23. The summed E-state index contributed by atoms with van der Waals surface area (Å²) in [6.45, 7) is 0.912. The minimum absolute atomic E-state index is 0.0777. The molecule has 4 nitrogen and oxygen atoms in total. The number of benzene rings is 1. The van der Waals surface area contributed by atoms with E-state index < -0.39 is 10.8 Å². The Morgan fingerprint density at radius 1 is 1.35 bits per heavy atom. The SMILES string of the molecule is O=C(c1cc(Cl)ccc1O)N1CCS(=O)CC1. The number of hydrogen-bond donors (Lipinski definition) is 1. The molecule has 1 saturated heterocycles. The molecule has 0 aromatic heterocycles. The molecule has 1 heterocycles. The number of carbonyl (C=O) groups excluding carboxylic acids is 1. The molecule has 0 bridgehead atoms. The van der Waals surface area contributed by atoms with E-state index in [9.17, 15) is 14.1 Å². The maximum absolute atomic E-state index is 12.1. The number of amides is 1. The van der Waals surface area contributed by atoms with E-state index in [1.807, 2.05) is 0 Å². The fraction of sp³-hybridized carbons (Fsp3) is 0.364. The first kappa shape index (κ1) is 12.4. The van der Waals surface area contributed by atoms with Crippen LogP contribution < -0.4 is 0 Å². The van der Waals surface area contributed by atoms with Crippen molar-refractivity contribution in [3.63, 3.8) is 0 Å². The van der Waals surface area contributed by atoms with Gasteiger partial charge in [-0.25, -0.2) is 0 Å². The van der Waals surface area contributed by atoms with Crippen molar-refractivity contribution in [2.45, 2.75) is 0 Å². The topological polar surface area (TPSA) is 57.6 Å². The van der Waals surface area contributed by atoms with Gasteiger partial charge in [0.2, 0.25) is 0 Å². The van der Waals surface area contributed by atoms with Gasteiger partial charge in [-0.2, -0.15) is 0 Å². The fourth-order valence-corrected chi connectivity index (χ4v) is 2.92. The van der Waals surface area contributed by atoms with Crippen molar-refractivity contribution in [1.29, 1.82) is 0 Å².